The van der Waals surface area contributed by atoms with Crippen molar-refractivity contribution in [1.29, 1.82) is 0 Å². The van der Waals surface area contributed by atoms with Gasteiger partial charge in [-0.3, -0.25) is 9.59 Å². The second-order valence-electron chi connectivity index (χ2n) is 5.23. The molecule has 0 aromatic heterocycles. The van der Waals surface area contributed by atoms with E-state index in [9.17, 15) is 14.7 Å². The number of carbonyl (C=O) groups excluding carboxylic acids is 2. The summed E-state index contributed by atoms with van der Waals surface area (Å²) in [5.41, 5.74) is 2.13. The van der Waals surface area contributed by atoms with Crippen LogP contribution in [0.4, 0.5) is 0 Å². The Morgan fingerprint density at radius 2 is 1.70 bits per heavy atom. The molecule has 0 radical (unpaired) electrons. The summed E-state index contributed by atoms with van der Waals surface area (Å²) in [6.45, 7) is 2.46. The van der Waals surface area contributed by atoms with Crippen molar-refractivity contribution in [2.45, 2.75) is 13.0 Å². The molecule has 0 aliphatic heterocycles. The number of carbonyl (C=O) groups is 2. The van der Waals surface area contributed by atoms with Crippen molar-refractivity contribution in [3.05, 3.63) is 71.3 Å². The Morgan fingerprint density at radius 1 is 1.00 bits per heavy atom. The van der Waals surface area contributed by atoms with Gasteiger partial charge in [-0.1, -0.05) is 48.0 Å². The quantitative estimate of drug-likeness (QED) is 0.709. The predicted molar refractivity (Wildman–Crippen MR) is 87.9 cm³/mol. The van der Waals surface area contributed by atoms with Crippen molar-refractivity contribution in [2.75, 3.05) is 13.1 Å². The number of aliphatic hydroxyl groups excluding tert-OH is 1. The summed E-state index contributed by atoms with van der Waals surface area (Å²) in [6, 6.07) is 16.0. The molecule has 2 amide bonds. The lowest BCUT2D eigenvalue weighted by molar-refractivity contribution is -0.129. The predicted octanol–water partition coefficient (Wildman–Crippen LogP) is 1.57. The number of hydrogen-bond donors (Lipinski definition) is 3. The number of benzene rings is 2. The van der Waals surface area contributed by atoms with E-state index in [-0.39, 0.29) is 12.5 Å². The van der Waals surface area contributed by atoms with Crippen LogP contribution >= 0.6 is 0 Å². The van der Waals surface area contributed by atoms with Gasteiger partial charge in [-0.2, -0.15) is 0 Å². The van der Waals surface area contributed by atoms with Crippen LogP contribution in [0.2, 0.25) is 0 Å². The third-order valence-electron chi connectivity index (χ3n) is 3.35. The van der Waals surface area contributed by atoms with E-state index in [1.807, 2.05) is 25.1 Å². The van der Waals surface area contributed by atoms with Gasteiger partial charge in [0.25, 0.3) is 11.8 Å². The van der Waals surface area contributed by atoms with E-state index in [0.717, 1.165) is 5.56 Å². The zero-order valence-corrected chi connectivity index (χ0v) is 13.0. The van der Waals surface area contributed by atoms with Gasteiger partial charge < -0.3 is 15.7 Å². The Morgan fingerprint density at radius 3 is 2.39 bits per heavy atom. The number of nitrogens with one attached hydrogen (secondary N) is 2. The molecular weight excluding hydrogens is 292 g/mol. The first kappa shape index (κ1) is 16.7. The van der Waals surface area contributed by atoms with Gasteiger partial charge in [0.2, 0.25) is 0 Å². The van der Waals surface area contributed by atoms with Crippen LogP contribution in [-0.2, 0) is 4.79 Å². The molecule has 0 aliphatic carbocycles. The molecule has 120 valence electrons. The molecule has 0 saturated carbocycles. The summed E-state index contributed by atoms with van der Waals surface area (Å²) >= 11 is 0. The Balaban J connectivity index is 1.75. The number of amides is 2. The second-order valence-corrected chi connectivity index (χ2v) is 5.23. The Kier molecular flexibility index (Phi) is 5.88. The highest BCUT2D eigenvalue weighted by Gasteiger charge is 2.16. The second kappa shape index (κ2) is 8.10. The summed E-state index contributed by atoms with van der Waals surface area (Å²) in [6.07, 6.45) is -1.20. The van der Waals surface area contributed by atoms with Gasteiger partial charge in [0.05, 0.1) is 0 Å². The maximum Gasteiger partial charge on any atom is 0.253 e. The van der Waals surface area contributed by atoms with E-state index in [1.54, 1.807) is 36.4 Å². The van der Waals surface area contributed by atoms with Crippen molar-refractivity contribution in [1.82, 2.24) is 10.6 Å². The average molecular weight is 312 g/mol. The van der Waals surface area contributed by atoms with Crippen molar-refractivity contribution in [3.8, 4) is 0 Å². The molecule has 3 N–H and O–H groups in total. The van der Waals surface area contributed by atoms with E-state index in [1.165, 1.54) is 0 Å². The molecule has 2 aromatic carbocycles. The minimum Gasteiger partial charge on any atom is -0.378 e. The van der Waals surface area contributed by atoms with Gasteiger partial charge >= 0.3 is 0 Å². The molecule has 0 heterocycles. The van der Waals surface area contributed by atoms with Gasteiger partial charge in [-0.05, 0) is 24.6 Å². The maximum atomic E-state index is 11.9. The lowest BCUT2D eigenvalue weighted by Crippen LogP contribution is -2.37. The maximum absolute atomic E-state index is 11.9. The van der Waals surface area contributed by atoms with Gasteiger partial charge in [0.1, 0.15) is 0 Å². The molecule has 23 heavy (non-hydrogen) atoms. The molecule has 0 aliphatic rings. The summed E-state index contributed by atoms with van der Waals surface area (Å²) < 4.78 is 0. The smallest absolute Gasteiger partial charge is 0.253 e. The molecule has 0 saturated heterocycles. The standard InChI is InChI=1S/C18H20N2O3/c1-13-6-5-9-15(12-13)17(22)19-10-11-20-18(23)16(21)14-7-3-2-4-8-14/h2-9,12,16,21H,10-11H2,1H3,(H,19,22)(H,20,23)/t16-/m0/s1. The molecular formula is C18H20N2O3. The summed E-state index contributed by atoms with van der Waals surface area (Å²) in [5, 5.41) is 15.2. The fourth-order valence-corrected chi connectivity index (χ4v) is 2.13. The monoisotopic (exact) mass is 312 g/mol. The van der Waals surface area contributed by atoms with Gasteiger partial charge in [0.15, 0.2) is 6.10 Å². The van der Waals surface area contributed by atoms with Crippen LogP contribution in [0.5, 0.6) is 0 Å². The minimum atomic E-state index is -1.20. The van der Waals surface area contributed by atoms with Crippen LogP contribution in [-0.4, -0.2) is 30.0 Å². The van der Waals surface area contributed by atoms with Crippen LogP contribution in [0.15, 0.2) is 54.6 Å². The zero-order chi connectivity index (χ0) is 16.7. The number of aryl methyl sites for hydroxylation is 1. The Labute approximate surface area is 135 Å². The van der Waals surface area contributed by atoms with E-state index in [4.69, 9.17) is 0 Å². The lowest BCUT2D eigenvalue weighted by Gasteiger charge is -2.12. The average Bonchev–Trinajstić information content (AvgIpc) is 2.58. The van der Waals surface area contributed by atoms with Crippen LogP contribution < -0.4 is 10.6 Å². The normalized spacial score (nSPS) is 11.6. The first-order valence-electron chi connectivity index (χ1n) is 7.43. The number of rotatable bonds is 6. The summed E-state index contributed by atoms with van der Waals surface area (Å²) in [5.74, 6) is -0.674. The van der Waals surface area contributed by atoms with E-state index < -0.39 is 12.0 Å². The largest absolute Gasteiger partial charge is 0.378 e. The van der Waals surface area contributed by atoms with E-state index in [0.29, 0.717) is 17.7 Å². The third kappa shape index (κ3) is 4.93. The first-order valence-corrected chi connectivity index (χ1v) is 7.43. The Bertz CT molecular complexity index is 671. The van der Waals surface area contributed by atoms with E-state index in [2.05, 4.69) is 10.6 Å². The Hall–Kier alpha value is -2.66. The molecule has 0 spiro atoms. The fraction of sp³-hybridized carbons (Fsp3) is 0.222. The third-order valence-corrected chi connectivity index (χ3v) is 3.35. The lowest BCUT2D eigenvalue weighted by atomic mass is 10.1. The first-order chi connectivity index (χ1) is 11.1. The molecule has 2 aromatic rings. The summed E-state index contributed by atoms with van der Waals surface area (Å²) in [4.78, 5) is 23.8. The van der Waals surface area contributed by atoms with Crippen LogP contribution in [0.1, 0.15) is 27.6 Å². The van der Waals surface area contributed by atoms with Crippen LogP contribution in [0.3, 0.4) is 0 Å². The minimum absolute atomic E-state index is 0.188. The summed E-state index contributed by atoms with van der Waals surface area (Å²) in [7, 11) is 0. The van der Waals surface area contributed by atoms with Crippen molar-refractivity contribution < 1.29 is 14.7 Å². The van der Waals surface area contributed by atoms with Crippen molar-refractivity contribution in [3.63, 3.8) is 0 Å². The fourth-order valence-electron chi connectivity index (χ4n) is 2.13. The highest BCUT2D eigenvalue weighted by atomic mass is 16.3. The molecule has 0 fully saturated rings. The SMILES string of the molecule is Cc1cccc(C(=O)NCCNC(=O)[C@@H](O)c2ccccc2)c1. The molecule has 0 unspecified atom stereocenters. The molecule has 5 heteroatoms. The van der Waals surface area contributed by atoms with E-state index >= 15 is 0 Å². The highest BCUT2D eigenvalue weighted by Crippen LogP contribution is 2.11. The van der Waals surface area contributed by atoms with Crippen molar-refractivity contribution in [2.24, 2.45) is 0 Å². The topological polar surface area (TPSA) is 78.4 Å². The van der Waals surface area contributed by atoms with Crippen LogP contribution in [0, 0.1) is 6.92 Å². The van der Waals surface area contributed by atoms with Gasteiger partial charge in [-0.15, -0.1) is 0 Å². The van der Waals surface area contributed by atoms with Gasteiger partial charge in [0, 0.05) is 18.7 Å². The van der Waals surface area contributed by atoms with Crippen LogP contribution in [0.25, 0.3) is 0 Å². The molecule has 2 rings (SSSR count). The zero-order valence-electron chi connectivity index (χ0n) is 13.0. The van der Waals surface area contributed by atoms with Crippen molar-refractivity contribution >= 4 is 11.8 Å². The molecule has 1 atom stereocenters. The van der Waals surface area contributed by atoms with Gasteiger partial charge in [-0.25, -0.2) is 0 Å². The number of aliphatic hydroxyl groups is 1. The molecule has 5 nitrogen and oxygen atoms in total. The molecule has 0 bridgehead atoms. The number of hydrogen-bond acceptors (Lipinski definition) is 3. The highest BCUT2D eigenvalue weighted by molar-refractivity contribution is 5.94.